The first kappa shape index (κ1) is 25.0. The van der Waals surface area contributed by atoms with Crippen LogP contribution in [-0.4, -0.2) is 69.6 Å². The minimum absolute atomic E-state index is 0. The van der Waals surface area contributed by atoms with Crippen LogP contribution in [0.4, 0.5) is 8.78 Å². The summed E-state index contributed by atoms with van der Waals surface area (Å²) in [7, 11) is 2.80. The van der Waals surface area contributed by atoms with Crippen molar-refractivity contribution in [3.8, 4) is 0 Å². The second-order valence-corrected chi connectivity index (χ2v) is 3.90. The van der Waals surface area contributed by atoms with Crippen LogP contribution in [-0.2, 0) is 19.2 Å². The van der Waals surface area contributed by atoms with Gasteiger partial charge in [-0.25, -0.2) is 18.4 Å². The van der Waals surface area contributed by atoms with E-state index < -0.39 is 35.9 Å². The van der Waals surface area contributed by atoms with Gasteiger partial charge in [0.15, 0.2) is 5.89 Å². The number of carboxylic acids is 2. The standard InChI is InChI=1S/C6H13FNOP.C2H4FO2P.C2H2O3.Na.H2O/c1-3-8(4-2)6(9)5(7)10;3-1(6)2(4)5;3-1-2(4)5;;/h5H,3-4,10H2,1-2H3;1H,6H2,(H,4,5);1H,(H,4,5);;1H2/q;;;+1;/p-1/i5D;2*1D;;. The Morgan fingerprint density at radius 2 is 1.48 bits per heavy atom. The summed E-state index contributed by atoms with van der Waals surface area (Å²) >= 11 is 0. The van der Waals surface area contributed by atoms with E-state index in [0.29, 0.717) is 13.1 Å². The average Bonchev–Trinajstić information content (AvgIpc) is 2.39. The van der Waals surface area contributed by atoms with E-state index in [9.17, 15) is 23.2 Å². The molecular formula is C10H20F2NNaO7P2. The van der Waals surface area contributed by atoms with Gasteiger partial charge in [0, 0.05) is 13.1 Å². The average molecular weight is 392 g/mol. The predicted molar refractivity (Wildman–Crippen MR) is 80.4 cm³/mol. The number of nitrogens with zero attached hydrogens (tertiary/aromatic N) is 1. The Hall–Kier alpha value is -0.240. The van der Waals surface area contributed by atoms with E-state index in [1.165, 1.54) is 14.1 Å². The van der Waals surface area contributed by atoms with Crippen LogP contribution in [0.2, 0.25) is 0 Å². The van der Waals surface area contributed by atoms with Crippen molar-refractivity contribution in [3.63, 3.8) is 0 Å². The van der Waals surface area contributed by atoms with E-state index in [2.05, 4.69) is 0 Å². The fraction of sp³-hybridized carbons (Fsp3) is 0.600. The van der Waals surface area contributed by atoms with Crippen molar-refractivity contribution in [2.24, 2.45) is 0 Å². The van der Waals surface area contributed by atoms with Crippen LogP contribution in [0.1, 0.15) is 18.0 Å². The van der Waals surface area contributed by atoms with E-state index in [0.717, 1.165) is 0 Å². The van der Waals surface area contributed by atoms with Crippen LogP contribution < -0.4 is 29.6 Å². The van der Waals surface area contributed by atoms with Crippen LogP contribution >= 0.6 is 18.5 Å². The van der Waals surface area contributed by atoms with Gasteiger partial charge in [-0.3, -0.25) is 9.59 Å². The second kappa shape index (κ2) is 21.8. The summed E-state index contributed by atoms with van der Waals surface area (Å²) in [4.78, 5) is 40.1. The Morgan fingerprint density at radius 3 is 1.52 bits per heavy atom. The Kier molecular flexibility index (Phi) is 23.7. The van der Waals surface area contributed by atoms with Gasteiger partial charge in [0.05, 0.1) is 2.74 Å². The smallest absolute Gasteiger partial charge is 0.870 e. The molecule has 0 rings (SSSR count). The van der Waals surface area contributed by atoms with Crippen molar-refractivity contribution in [1.82, 2.24) is 4.90 Å². The SMILES string of the molecule is [2H]C(=O)C(=O)O.[2H]C(F)(P)C(=O)N(CC)CC.[2H]C(F)(P)C(=O)O.[Na+].[OH-]. The largest absolute Gasteiger partial charge is 1.00 e. The normalized spacial score (nSPS) is 15.1. The predicted octanol–water partition coefficient (Wildman–Crippen LogP) is -2.64. The zero-order valence-corrected chi connectivity index (χ0v) is 17.1. The van der Waals surface area contributed by atoms with Crippen molar-refractivity contribution in [2.45, 2.75) is 25.6 Å². The quantitative estimate of drug-likeness (QED) is 0.226. The number of carbonyl (C=O) groups is 4. The zero-order valence-electron chi connectivity index (χ0n) is 15.7. The molecule has 0 heterocycles. The summed E-state index contributed by atoms with van der Waals surface area (Å²) < 4.78 is 42.8. The minimum Gasteiger partial charge on any atom is -0.870 e. The number of amides is 1. The number of carboxylic acid groups (broad SMARTS) is 2. The molecule has 0 aromatic carbocycles. The van der Waals surface area contributed by atoms with Gasteiger partial charge in [-0.05, 0) is 13.8 Å². The van der Waals surface area contributed by atoms with Crippen molar-refractivity contribution >= 4 is 42.6 Å². The van der Waals surface area contributed by atoms with E-state index in [-0.39, 0.29) is 35.0 Å². The molecule has 8 nitrogen and oxygen atoms in total. The first-order valence-corrected chi connectivity index (χ1v) is 6.39. The molecule has 0 aliphatic carbocycles. The minimum atomic E-state index is -2.92. The maximum atomic E-state index is 12.6. The molecule has 0 spiro atoms. The fourth-order valence-electron chi connectivity index (χ4n) is 0.662. The topological polar surface area (TPSA) is 142 Å². The summed E-state index contributed by atoms with van der Waals surface area (Å²) in [5.41, 5.74) is 0. The Bertz CT molecular complexity index is 449. The molecule has 4 unspecified atom stereocenters. The molecule has 0 saturated carbocycles. The third-order valence-corrected chi connectivity index (χ3v) is 2.04. The molecule has 0 aromatic rings. The number of carbonyl (C=O) groups excluding carboxylic acids is 2. The van der Waals surface area contributed by atoms with Gasteiger partial charge < -0.3 is 20.6 Å². The Labute approximate surface area is 163 Å². The van der Waals surface area contributed by atoms with Crippen LogP contribution in [0.25, 0.3) is 0 Å². The summed E-state index contributed by atoms with van der Waals surface area (Å²) in [6.45, 7) is 4.37. The first-order chi connectivity index (χ1) is 10.5. The van der Waals surface area contributed by atoms with Crippen molar-refractivity contribution in [3.05, 3.63) is 0 Å². The molecule has 4 atom stereocenters. The summed E-state index contributed by atoms with van der Waals surface area (Å²) in [6, 6.07) is 0. The molecule has 0 aliphatic heterocycles. The van der Waals surface area contributed by atoms with Gasteiger partial charge in [-0.1, -0.05) is 18.5 Å². The van der Waals surface area contributed by atoms with Crippen LogP contribution in [0.5, 0.6) is 0 Å². The summed E-state index contributed by atoms with van der Waals surface area (Å²) in [5, 5.41) is 15.1. The van der Waals surface area contributed by atoms with Crippen LogP contribution in [0.15, 0.2) is 0 Å². The third kappa shape index (κ3) is 26.9. The Balaban J connectivity index is -0.0000000863. The van der Waals surface area contributed by atoms with Crippen molar-refractivity contribution in [2.75, 3.05) is 13.1 Å². The molecule has 13 heteroatoms. The molecule has 0 saturated heterocycles. The molecule has 0 aliphatic rings. The Morgan fingerprint density at radius 1 is 1.22 bits per heavy atom. The fourth-order valence-corrected chi connectivity index (χ4v) is 0.844. The number of rotatable bonds is 5. The maximum absolute atomic E-state index is 12.6. The van der Waals surface area contributed by atoms with E-state index in [4.69, 9.17) is 19.1 Å². The molecule has 132 valence electrons. The van der Waals surface area contributed by atoms with E-state index in [1.54, 1.807) is 23.1 Å². The van der Waals surface area contributed by atoms with Crippen LogP contribution in [0, 0.1) is 0 Å². The van der Waals surface area contributed by atoms with Gasteiger partial charge in [0.25, 0.3) is 5.91 Å². The molecule has 0 aromatic heterocycles. The third-order valence-electron chi connectivity index (χ3n) is 1.55. The molecule has 1 amide bonds. The van der Waals surface area contributed by atoms with Crippen LogP contribution in [0.3, 0.4) is 0 Å². The number of aldehydes is 1. The summed E-state index contributed by atoms with van der Waals surface area (Å²) in [5.74, 6) is -9.79. The van der Waals surface area contributed by atoms with Gasteiger partial charge >= 0.3 is 41.5 Å². The monoisotopic (exact) mass is 392 g/mol. The van der Waals surface area contributed by atoms with E-state index in [1.807, 2.05) is 0 Å². The van der Waals surface area contributed by atoms with E-state index >= 15 is 0 Å². The molecule has 23 heavy (non-hydrogen) atoms. The first-order valence-electron chi connectivity index (χ1n) is 6.74. The number of hydrogen-bond donors (Lipinski definition) is 2. The maximum Gasteiger partial charge on any atom is 1.00 e. The van der Waals surface area contributed by atoms with Crippen molar-refractivity contribution < 1.29 is 77.3 Å². The molecule has 0 radical (unpaired) electrons. The molecular weight excluding hydrogens is 369 g/mol. The number of halogens is 2. The van der Waals surface area contributed by atoms with Gasteiger partial charge in [0.1, 0.15) is 1.37 Å². The number of hydrogen-bond acceptors (Lipinski definition) is 5. The second-order valence-electron chi connectivity index (χ2n) is 2.89. The number of alkyl halides is 2. The summed E-state index contributed by atoms with van der Waals surface area (Å²) in [6.07, 6.45) is -1.57. The molecule has 3 N–H and O–H groups in total. The van der Waals surface area contributed by atoms with Gasteiger partial charge in [0.2, 0.25) is 12.2 Å². The zero-order chi connectivity index (χ0) is 20.3. The molecule has 0 fully saturated rings. The number of aliphatic carboxylic acids is 2. The molecule has 0 bridgehead atoms. The van der Waals surface area contributed by atoms with Gasteiger partial charge in [-0.2, -0.15) is 0 Å². The van der Waals surface area contributed by atoms with Crippen molar-refractivity contribution in [1.29, 1.82) is 0 Å². The van der Waals surface area contributed by atoms with Gasteiger partial charge in [-0.15, -0.1) is 0 Å².